The van der Waals surface area contributed by atoms with Gasteiger partial charge in [0.05, 0.1) is 12.0 Å². The predicted octanol–water partition coefficient (Wildman–Crippen LogP) is 2.03. The standard InChI is InChI=1S/C17H22N2O5/c1-2-13(11-3-4-14-15(9-11)24-8-7-23-14)18-17(22)19-6-5-12(10-19)16(20)21/h3-4,9,12-13H,2,5-8,10H2,1H3,(H,18,22)(H,20,21). The summed E-state index contributed by atoms with van der Waals surface area (Å²) >= 11 is 0. The number of ether oxygens (including phenoxy) is 2. The summed E-state index contributed by atoms with van der Waals surface area (Å²) in [6.07, 6.45) is 1.23. The first kappa shape index (κ1) is 16.4. The highest BCUT2D eigenvalue weighted by molar-refractivity contribution is 5.77. The van der Waals surface area contributed by atoms with Crippen molar-refractivity contribution in [3.05, 3.63) is 23.8 Å². The van der Waals surface area contributed by atoms with E-state index in [0.717, 1.165) is 17.7 Å². The molecule has 1 aromatic rings. The van der Waals surface area contributed by atoms with Crippen LogP contribution < -0.4 is 14.8 Å². The summed E-state index contributed by atoms with van der Waals surface area (Å²) in [4.78, 5) is 25.0. The molecule has 2 amide bonds. The molecular formula is C17H22N2O5. The van der Waals surface area contributed by atoms with Crippen LogP contribution in [0.3, 0.4) is 0 Å². The molecule has 0 aliphatic carbocycles. The van der Waals surface area contributed by atoms with Gasteiger partial charge >= 0.3 is 12.0 Å². The summed E-state index contributed by atoms with van der Waals surface area (Å²) in [6, 6.07) is 5.30. The van der Waals surface area contributed by atoms with Gasteiger partial charge in [-0.2, -0.15) is 0 Å². The highest BCUT2D eigenvalue weighted by Crippen LogP contribution is 2.33. The minimum Gasteiger partial charge on any atom is -0.486 e. The van der Waals surface area contributed by atoms with E-state index in [9.17, 15) is 9.59 Å². The normalized spacial score (nSPS) is 20.5. The predicted molar refractivity (Wildman–Crippen MR) is 86.3 cm³/mol. The van der Waals surface area contributed by atoms with E-state index in [2.05, 4.69) is 5.32 Å². The molecule has 1 saturated heterocycles. The Morgan fingerprint density at radius 2 is 2.08 bits per heavy atom. The van der Waals surface area contributed by atoms with Crippen LogP contribution in [0.5, 0.6) is 11.5 Å². The van der Waals surface area contributed by atoms with Gasteiger partial charge in [-0.05, 0) is 30.5 Å². The van der Waals surface area contributed by atoms with Gasteiger partial charge in [0.2, 0.25) is 0 Å². The number of likely N-dealkylation sites (tertiary alicyclic amines) is 1. The maximum atomic E-state index is 12.4. The Hall–Kier alpha value is -2.44. The van der Waals surface area contributed by atoms with Crippen LogP contribution in [0.25, 0.3) is 0 Å². The molecule has 24 heavy (non-hydrogen) atoms. The highest BCUT2D eigenvalue weighted by atomic mass is 16.6. The van der Waals surface area contributed by atoms with Crippen molar-refractivity contribution in [1.29, 1.82) is 0 Å². The van der Waals surface area contributed by atoms with Crippen LogP contribution in [-0.2, 0) is 4.79 Å². The number of carbonyl (C=O) groups is 2. The van der Waals surface area contributed by atoms with E-state index in [1.807, 2.05) is 25.1 Å². The molecular weight excluding hydrogens is 312 g/mol. The third-order valence-electron chi connectivity index (χ3n) is 4.50. The van der Waals surface area contributed by atoms with Crippen molar-refractivity contribution in [2.45, 2.75) is 25.8 Å². The molecule has 0 bridgehead atoms. The van der Waals surface area contributed by atoms with Crippen LogP contribution in [0.1, 0.15) is 31.4 Å². The summed E-state index contributed by atoms with van der Waals surface area (Å²) in [5.41, 5.74) is 0.948. The van der Waals surface area contributed by atoms with E-state index in [0.29, 0.717) is 31.9 Å². The first-order valence-corrected chi connectivity index (χ1v) is 8.26. The second kappa shape index (κ2) is 6.98. The Labute approximate surface area is 140 Å². The van der Waals surface area contributed by atoms with Crippen LogP contribution >= 0.6 is 0 Å². The molecule has 1 aromatic carbocycles. The molecule has 1 fully saturated rings. The number of hydrogen-bond donors (Lipinski definition) is 2. The first-order valence-electron chi connectivity index (χ1n) is 8.26. The molecule has 0 spiro atoms. The van der Waals surface area contributed by atoms with Crippen molar-refractivity contribution >= 4 is 12.0 Å². The number of carboxylic acids is 1. The summed E-state index contributed by atoms with van der Waals surface area (Å²) in [7, 11) is 0. The summed E-state index contributed by atoms with van der Waals surface area (Å²) in [5.74, 6) is 0.0999. The van der Waals surface area contributed by atoms with E-state index in [4.69, 9.17) is 14.6 Å². The molecule has 130 valence electrons. The Morgan fingerprint density at radius 3 is 2.75 bits per heavy atom. The van der Waals surface area contributed by atoms with Gasteiger partial charge in [0, 0.05) is 13.1 Å². The van der Waals surface area contributed by atoms with Crippen LogP contribution in [-0.4, -0.2) is 48.3 Å². The number of fused-ring (bicyclic) bond motifs is 1. The van der Waals surface area contributed by atoms with Gasteiger partial charge in [-0.15, -0.1) is 0 Å². The zero-order valence-electron chi connectivity index (χ0n) is 13.7. The molecule has 2 unspecified atom stereocenters. The number of nitrogens with one attached hydrogen (secondary N) is 1. The lowest BCUT2D eigenvalue weighted by atomic mass is 10.0. The van der Waals surface area contributed by atoms with Gasteiger partial charge in [-0.3, -0.25) is 4.79 Å². The molecule has 7 heteroatoms. The lowest BCUT2D eigenvalue weighted by Crippen LogP contribution is -2.40. The van der Waals surface area contributed by atoms with E-state index in [1.165, 1.54) is 0 Å². The zero-order valence-corrected chi connectivity index (χ0v) is 13.7. The fraction of sp³-hybridized carbons (Fsp3) is 0.529. The van der Waals surface area contributed by atoms with Gasteiger partial charge < -0.3 is 24.8 Å². The maximum Gasteiger partial charge on any atom is 0.317 e. The third kappa shape index (κ3) is 3.39. The Kier molecular flexibility index (Phi) is 4.78. The van der Waals surface area contributed by atoms with E-state index >= 15 is 0 Å². The average Bonchev–Trinajstić information content (AvgIpc) is 3.09. The summed E-state index contributed by atoms with van der Waals surface area (Å²) in [6.45, 7) is 3.79. The SMILES string of the molecule is CCC(NC(=O)N1CCC(C(=O)O)C1)c1ccc2c(c1)OCCO2. The largest absolute Gasteiger partial charge is 0.486 e. The minimum absolute atomic E-state index is 0.155. The lowest BCUT2D eigenvalue weighted by Gasteiger charge is -2.24. The Balaban J connectivity index is 1.66. The molecule has 2 heterocycles. The smallest absolute Gasteiger partial charge is 0.317 e. The number of benzene rings is 1. The fourth-order valence-corrected chi connectivity index (χ4v) is 3.08. The number of urea groups is 1. The molecule has 7 nitrogen and oxygen atoms in total. The molecule has 0 radical (unpaired) electrons. The maximum absolute atomic E-state index is 12.4. The first-order chi connectivity index (χ1) is 11.6. The third-order valence-corrected chi connectivity index (χ3v) is 4.50. The van der Waals surface area contributed by atoms with Crippen LogP contribution in [0.15, 0.2) is 18.2 Å². The van der Waals surface area contributed by atoms with Crippen molar-refractivity contribution in [2.75, 3.05) is 26.3 Å². The fourth-order valence-electron chi connectivity index (χ4n) is 3.08. The van der Waals surface area contributed by atoms with Crippen LogP contribution in [0.4, 0.5) is 4.79 Å². The number of carbonyl (C=O) groups excluding carboxylic acids is 1. The molecule has 2 aliphatic heterocycles. The number of hydrogen-bond acceptors (Lipinski definition) is 4. The quantitative estimate of drug-likeness (QED) is 0.879. The van der Waals surface area contributed by atoms with Crippen molar-refractivity contribution in [3.63, 3.8) is 0 Å². The Morgan fingerprint density at radius 1 is 1.33 bits per heavy atom. The number of amides is 2. The number of rotatable bonds is 4. The van der Waals surface area contributed by atoms with Gasteiger partial charge in [0.25, 0.3) is 0 Å². The molecule has 0 saturated carbocycles. The topological polar surface area (TPSA) is 88.1 Å². The zero-order chi connectivity index (χ0) is 17.1. The van der Waals surface area contributed by atoms with E-state index < -0.39 is 11.9 Å². The van der Waals surface area contributed by atoms with E-state index in [1.54, 1.807) is 4.90 Å². The minimum atomic E-state index is -0.843. The number of nitrogens with zero attached hydrogens (tertiary/aromatic N) is 1. The van der Waals surface area contributed by atoms with E-state index in [-0.39, 0.29) is 18.6 Å². The average molecular weight is 334 g/mol. The van der Waals surface area contributed by atoms with Gasteiger partial charge in [0.1, 0.15) is 13.2 Å². The Bertz CT molecular complexity index is 633. The molecule has 2 N–H and O–H groups in total. The van der Waals surface area contributed by atoms with Crippen LogP contribution in [0.2, 0.25) is 0 Å². The second-order valence-corrected chi connectivity index (χ2v) is 6.08. The van der Waals surface area contributed by atoms with Crippen molar-refractivity contribution in [2.24, 2.45) is 5.92 Å². The number of aliphatic carboxylic acids is 1. The van der Waals surface area contributed by atoms with Gasteiger partial charge in [-0.1, -0.05) is 13.0 Å². The van der Waals surface area contributed by atoms with Crippen LogP contribution in [0, 0.1) is 5.92 Å². The van der Waals surface area contributed by atoms with Crippen molar-refractivity contribution in [3.8, 4) is 11.5 Å². The van der Waals surface area contributed by atoms with Gasteiger partial charge in [0.15, 0.2) is 11.5 Å². The summed E-state index contributed by atoms with van der Waals surface area (Å²) in [5, 5.41) is 12.0. The molecule has 3 rings (SSSR count). The molecule has 2 aliphatic rings. The number of carboxylic acid groups (broad SMARTS) is 1. The molecule has 0 aromatic heterocycles. The van der Waals surface area contributed by atoms with Crippen molar-refractivity contribution in [1.82, 2.24) is 10.2 Å². The second-order valence-electron chi connectivity index (χ2n) is 6.08. The monoisotopic (exact) mass is 334 g/mol. The highest BCUT2D eigenvalue weighted by Gasteiger charge is 2.31. The summed E-state index contributed by atoms with van der Waals surface area (Å²) < 4.78 is 11.1. The lowest BCUT2D eigenvalue weighted by molar-refractivity contribution is -0.141. The van der Waals surface area contributed by atoms with Crippen molar-refractivity contribution < 1.29 is 24.2 Å². The van der Waals surface area contributed by atoms with Gasteiger partial charge in [-0.25, -0.2) is 4.79 Å². The molecule has 2 atom stereocenters.